The molecule has 0 aromatic carbocycles. The van der Waals surface area contributed by atoms with Gasteiger partial charge in [-0.2, -0.15) is 10.1 Å². The smallest absolute Gasteiger partial charge is 0.253 e. The molecule has 0 radical (unpaired) electrons. The Hall–Kier alpha value is -1.88. The van der Waals surface area contributed by atoms with Crippen molar-refractivity contribution in [3.05, 3.63) is 0 Å². The minimum atomic E-state index is -1.21. The molecule has 254 valence electrons. The van der Waals surface area contributed by atoms with E-state index in [2.05, 4.69) is 10.6 Å². The molecule has 2 N–H and O–H groups in total. The third-order valence-corrected chi connectivity index (χ3v) is 11.2. The second-order valence-corrected chi connectivity index (χ2v) is 15.2. The van der Waals surface area contributed by atoms with Crippen LogP contribution >= 0.6 is 0 Å². The Morgan fingerprint density at radius 1 is 0.682 bits per heavy atom. The number of amides is 2. The minimum absolute atomic E-state index is 0.201. The van der Waals surface area contributed by atoms with E-state index in [1.807, 2.05) is 79.4 Å². The Kier molecular flexibility index (Phi) is 11.7. The van der Waals surface area contributed by atoms with Gasteiger partial charge in [0.15, 0.2) is 11.2 Å². The summed E-state index contributed by atoms with van der Waals surface area (Å²) in [5.74, 6) is -0.659. The Morgan fingerprint density at radius 2 is 0.977 bits per heavy atom. The summed E-state index contributed by atoms with van der Waals surface area (Å²) < 4.78 is 0. The molecule has 0 aliphatic carbocycles. The maximum absolute atomic E-state index is 13.4. The number of carbonyl (C=O) groups is 4. The van der Waals surface area contributed by atoms with Crippen molar-refractivity contribution in [3.8, 4) is 0 Å². The van der Waals surface area contributed by atoms with E-state index in [0.717, 1.165) is 0 Å². The molecule has 2 aliphatic heterocycles. The Bertz CT molecular complexity index is 1010. The SMILES string of the molecule is CCC1(C)CC(=O)C(C)C(C)(CC)N1OC(C)(C)C(=O)NCCNC(=O)C(C)(C)ON1C(C)(CC)CC(=O)C(C)C1(C)CC. The molecule has 0 aromatic rings. The van der Waals surface area contributed by atoms with Crippen molar-refractivity contribution in [2.45, 2.75) is 169 Å². The van der Waals surface area contributed by atoms with Crippen LogP contribution < -0.4 is 10.6 Å². The number of rotatable bonds is 13. The first kappa shape index (κ1) is 38.3. The van der Waals surface area contributed by atoms with Crippen molar-refractivity contribution in [2.24, 2.45) is 11.8 Å². The summed E-state index contributed by atoms with van der Waals surface area (Å²) >= 11 is 0. The number of Topliss-reactive ketones (excluding diaryl/α,β-unsaturated/α-hetero) is 2. The summed E-state index contributed by atoms with van der Waals surface area (Å²) in [5.41, 5.74) is -4.61. The summed E-state index contributed by atoms with van der Waals surface area (Å²) in [6, 6.07) is 0. The molecule has 0 aromatic heterocycles. The molecule has 6 atom stereocenters. The molecule has 2 aliphatic rings. The normalized spacial score (nSPS) is 34.2. The maximum atomic E-state index is 13.4. The van der Waals surface area contributed by atoms with Crippen LogP contribution in [0.2, 0.25) is 0 Å². The number of hydroxylamine groups is 4. The second-order valence-electron chi connectivity index (χ2n) is 15.2. The minimum Gasteiger partial charge on any atom is -0.352 e. The summed E-state index contributed by atoms with van der Waals surface area (Å²) in [7, 11) is 0. The van der Waals surface area contributed by atoms with Gasteiger partial charge in [-0.3, -0.25) is 28.9 Å². The summed E-state index contributed by atoms with van der Waals surface area (Å²) in [6.45, 7) is 27.4. The van der Waals surface area contributed by atoms with Gasteiger partial charge in [0.25, 0.3) is 11.8 Å². The zero-order chi connectivity index (χ0) is 34.1. The van der Waals surface area contributed by atoms with Crippen molar-refractivity contribution in [2.75, 3.05) is 13.1 Å². The van der Waals surface area contributed by atoms with Crippen LogP contribution in [0.4, 0.5) is 0 Å². The number of hydrogen-bond acceptors (Lipinski definition) is 8. The lowest BCUT2D eigenvalue weighted by molar-refractivity contribution is -0.330. The lowest BCUT2D eigenvalue weighted by Crippen LogP contribution is -2.69. The third-order valence-electron chi connectivity index (χ3n) is 11.2. The van der Waals surface area contributed by atoms with Gasteiger partial charge in [0, 0.05) is 37.8 Å². The third kappa shape index (κ3) is 7.08. The Morgan fingerprint density at radius 3 is 1.23 bits per heavy atom. The number of nitrogens with zero attached hydrogens (tertiary/aromatic N) is 2. The van der Waals surface area contributed by atoms with E-state index in [-0.39, 0.29) is 48.3 Å². The van der Waals surface area contributed by atoms with Crippen molar-refractivity contribution < 1.29 is 28.9 Å². The highest BCUT2D eigenvalue weighted by molar-refractivity contribution is 5.86. The van der Waals surface area contributed by atoms with Gasteiger partial charge in [-0.25, -0.2) is 0 Å². The van der Waals surface area contributed by atoms with Gasteiger partial charge in [0.1, 0.15) is 11.6 Å². The van der Waals surface area contributed by atoms with Crippen molar-refractivity contribution in [1.29, 1.82) is 0 Å². The quantitative estimate of drug-likeness (QED) is 0.272. The first-order chi connectivity index (χ1) is 20.0. The van der Waals surface area contributed by atoms with Gasteiger partial charge < -0.3 is 10.6 Å². The van der Waals surface area contributed by atoms with Gasteiger partial charge in [-0.1, -0.05) is 41.5 Å². The van der Waals surface area contributed by atoms with Crippen molar-refractivity contribution in [1.82, 2.24) is 20.8 Å². The largest absolute Gasteiger partial charge is 0.352 e. The first-order valence-corrected chi connectivity index (χ1v) is 16.7. The average Bonchev–Trinajstić information content (AvgIpc) is 2.97. The van der Waals surface area contributed by atoms with Crippen LogP contribution in [0.1, 0.15) is 135 Å². The highest BCUT2D eigenvalue weighted by atomic mass is 16.7. The van der Waals surface area contributed by atoms with Gasteiger partial charge >= 0.3 is 0 Å². The molecule has 10 nitrogen and oxygen atoms in total. The van der Waals surface area contributed by atoms with Crippen molar-refractivity contribution >= 4 is 23.4 Å². The first-order valence-electron chi connectivity index (χ1n) is 16.7. The summed E-state index contributed by atoms with van der Waals surface area (Å²) in [5, 5.41) is 9.64. The van der Waals surface area contributed by atoms with Crippen LogP contribution in [0.3, 0.4) is 0 Å². The van der Waals surface area contributed by atoms with Gasteiger partial charge in [-0.05, 0) is 81.1 Å². The van der Waals surface area contributed by atoms with Crippen LogP contribution in [-0.2, 0) is 28.9 Å². The van der Waals surface area contributed by atoms with E-state index < -0.39 is 33.4 Å². The average molecular weight is 623 g/mol. The molecule has 0 saturated carbocycles. The monoisotopic (exact) mass is 622 g/mol. The van der Waals surface area contributed by atoms with Crippen LogP contribution in [-0.4, -0.2) is 80.0 Å². The zero-order valence-electron chi connectivity index (χ0n) is 30.2. The van der Waals surface area contributed by atoms with Gasteiger partial charge in [0.2, 0.25) is 0 Å². The predicted octanol–water partition coefficient (Wildman–Crippen LogP) is 5.14. The summed E-state index contributed by atoms with van der Waals surface area (Å²) in [4.78, 5) is 65.5. The molecule has 0 spiro atoms. The highest BCUT2D eigenvalue weighted by Gasteiger charge is 2.57. The van der Waals surface area contributed by atoms with Crippen LogP contribution in [0.5, 0.6) is 0 Å². The zero-order valence-corrected chi connectivity index (χ0v) is 30.2. The number of hydrogen-bond donors (Lipinski definition) is 2. The van der Waals surface area contributed by atoms with Gasteiger partial charge in [0.05, 0.1) is 22.2 Å². The molecule has 2 fully saturated rings. The number of piperidine rings is 2. The van der Waals surface area contributed by atoms with E-state index in [1.54, 1.807) is 27.7 Å². The summed E-state index contributed by atoms with van der Waals surface area (Å²) in [6.07, 6.45) is 3.51. The van der Waals surface area contributed by atoms with E-state index in [1.165, 1.54) is 0 Å². The molecule has 2 amide bonds. The standard InChI is InChI=1S/C34H62N4O6/c1-15-31(11)21-25(39)23(5)33(13,17-3)37(31)43-29(7,8)27(41)35-19-20-36-28(42)30(9,10)44-38-32(12,16-2)22-26(40)24(6)34(38,14)18-4/h23-24H,15-22H2,1-14H3,(H,35,41)(H,36,42). The highest BCUT2D eigenvalue weighted by Crippen LogP contribution is 2.46. The molecule has 0 bridgehead atoms. The lowest BCUT2D eigenvalue weighted by atomic mass is 9.70. The second kappa shape index (κ2) is 13.5. The van der Waals surface area contributed by atoms with E-state index in [4.69, 9.17) is 9.68 Å². The van der Waals surface area contributed by atoms with Crippen LogP contribution in [0.15, 0.2) is 0 Å². The van der Waals surface area contributed by atoms with E-state index >= 15 is 0 Å². The van der Waals surface area contributed by atoms with Gasteiger partial charge in [-0.15, -0.1) is 0 Å². The molecular weight excluding hydrogens is 560 g/mol. The Labute approximate surface area is 266 Å². The molecule has 10 heteroatoms. The predicted molar refractivity (Wildman–Crippen MR) is 172 cm³/mol. The lowest BCUT2D eigenvalue weighted by Gasteiger charge is -2.57. The fraction of sp³-hybridized carbons (Fsp3) is 0.882. The topological polar surface area (TPSA) is 117 Å². The number of nitrogens with one attached hydrogen (secondary N) is 2. The molecule has 2 heterocycles. The fourth-order valence-corrected chi connectivity index (χ4v) is 6.66. The maximum Gasteiger partial charge on any atom is 0.253 e. The van der Waals surface area contributed by atoms with Crippen LogP contribution in [0.25, 0.3) is 0 Å². The number of ketones is 2. The molecular formula is C34H62N4O6. The molecule has 44 heavy (non-hydrogen) atoms. The van der Waals surface area contributed by atoms with E-state index in [0.29, 0.717) is 38.5 Å². The Balaban J connectivity index is 2.07. The fourth-order valence-electron chi connectivity index (χ4n) is 6.66. The number of carbonyl (C=O) groups excluding carboxylic acids is 4. The van der Waals surface area contributed by atoms with Crippen molar-refractivity contribution in [3.63, 3.8) is 0 Å². The molecule has 2 saturated heterocycles. The van der Waals surface area contributed by atoms with Crippen LogP contribution in [0, 0.1) is 11.8 Å². The van der Waals surface area contributed by atoms with E-state index in [9.17, 15) is 19.2 Å². The molecule has 2 rings (SSSR count). The molecule has 6 unspecified atom stereocenters.